The Hall–Kier alpha value is -3.03. The quantitative estimate of drug-likeness (QED) is 0.359. The molecule has 2 fully saturated rings. The fourth-order valence-corrected chi connectivity index (χ4v) is 6.16. The van der Waals surface area contributed by atoms with Crippen LogP contribution < -0.4 is 4.90 Å². The van der Waals surface area contributed by atoms with Crippen LogP contribution in [0.1, 0.15) is 44.2 Å². The molecule has 1 aromatic heterocycles. The van der Waals surface area contributed by atoms with Crippen LogP contribution in [-0.4, -0.2) is 39.1 Å². The van der Waals surface area contributed by atoms with Gasteiger partial charge in [0.15, 0.2) is 0 Å². The molecule has 36 heavy (non-hydrogen) atoms. The second-order valence-corrected chi connectivity index (χ2v) is 10.7. The third-order valence-corrected chi connectivity index (χ3v) is 8.07. The topological polar surface area (TPSA) is 62.6 Å². The van der Waals surface area contributed by atoms with Gasteiger partial charge in [-0.2, -0.15) is 0 Å². The van der Waals surface area contributed by atoms with Gasteiger partial charge in [-0.05, 0) is 74.2 Å². The van der Waals surface area contributed by atoms with Crippen LogP contribution in [0, 0.1) is 0 Å². The molecule has 0 bridgehead atoms. The molecule has 3 amide bonds. The van der Waals surface area contributed by atoms with Crippen molar-refractivity contribution in [3.8, 4) is 0 Å². The van der Waals surface area contributed by atoms with Crippen LogP contribution in [-0.2, 0) is 22.6 Å². The van der Waals surface area contributed by atoms with Gasteiger partial charge in [0.05, 0.1) is 16.1 Å². The Labute approximate surface area is 219 Å². The van der Waals surface area contributed by atoms with Crippen LogP contribution in [0.15, 0.2) is 53.6 Å². The Bertz CT molecular complexity index is 1400. The SMILES string of the molecule is CCc1cccc2c(/C=C3\SC(=O)N(c4cccc(Cl)c4)C3=O)cn(CC(=O)N3CCCC[C@@H]3C)c12. The Kier molecular flexibility index (Phi) is 6.95. The molecule has 2 saturated heterocycles. The first-order valence-corrected chi connectivity index (χ1v) is 13.5. The van der Waals surface area contributed by atoms with Gasteiger partial charge in [0.1, 0.15) is 6.54 Å². The van der Waals surface area contributed by atoms with Gasteiger partial charge in [0.2, 0.25) is 5.91 Å². The average molecular weight is 522 g/mol. The molecule has 0 unspecified atom stereocenters. The highest BCUT2D eigenvalue weighted by Crippen LogP contribution is 2.38. The summed E-state index contributed by atoms with van der Waals surface area (Å²) in [5.41, 5.74) is 3.40. The molecule has 0 radical (unpaired) electrons. The molecule has 0 saturated carbocycles. The fourth-order valence-electron chi connectivity index (χ4n) is 5.14. The second kappa shape index (κ2) is 10.1. The van der Waals surface area contributed by atoms with Gasteiger partial charge in [-0.15, -0.1) is 0 Å². The van der Waals surface area contributed by atoms with Gasteiger partial charge in [-0.1, -0.05) is 42.8 Å². The number of aryl methyl sites for hydroxylation is 1. The van der Waals surface area contributed by atoms with Crippen molar-refractivity contribution in [2.75, 3.05) is 11.4 Å². The van der Waals surface area contributed by atoms with E-state index < -0.39 is 0 Å². The Morgan fingerprint density at radius 3 is 2.72 bits per heavy atom. The van der Waals surface area contributed by atoms with Crippen molar-refractivity contribution in [2.24, 2.45) is 0 Å². The number of halogens is 1. The van der Waals surface area contributed by atoms with Crippen molar-refractivity contribution in [3.63, 3.8) is 0 Å². The summed E-state index contributed by atoms with van der Waals surface area (Å²) in [5.74, 6) is -0.268. The molecule has 5 rings (SSSR count). The number of thioether (sulfide) groups is 1. The van der Waals surface area contributed by atoms with E-state index in [1.54, 1.807) is 30.3 Å². The van der Waals surface area contributed by atoms with Crippen molar-refractivity contribution in [1.82, 2.24) is 9.47 Å². The molecule has 2 aliphatic rings. The number of carbonyl (C=O) groups is 3. The number of amides is 3. The average Bonchev–Trinajstić information content (AvgIpc) is 3.35. The Balaban J connectivity index is 1.51. The van der Waals surface area contributed by atoms with Crippen LogP contribution in [0.5, 0.6) is 0 Å². The smallest absolute Gasteiger partial charge is 0.298 e. The monoisotopic (exact) mass is 521 g/mol. The van der Waals surface area contributed by atoms with E-state index in [1.807, 2.05) is 27.8 Å². The lowest BCUT2D eigenvalue weighted by Gasteiger charge is -2.33. The van der Waals surface area contributed by atoms with Crippen molar-refractivity contribution in [1.29, 1.82) is 0 Å². The van der Waals surface area contributed by atoms with E-state index in [4.69, 9.17) is 11.6 Å². The summed E-state index contributed by atoms with van der Waals surface area (Å²) in [6.07, 6.45) is 7.75. The number of hydrogen-bond donors (Lipinski definition) is 0. The van der Waals surface area contributed by atoms with Crippen LogP contribution in [0.3, 0.4) is 0 Å². The molecule has 8 heteroatoms. The van der Waals surface area contributed by atoms with Crippen molar-refractivity contribution in [3.05, 3.63) is 69.7 Å². The lowest BCUT2D eigenvalue weighted by molar-refractivity contribution is -0.135. The van der Waals surface area contributed by atoms with E-state index in [9.17, 15) is 14.4 Å². The molecule has 0 N–H and O–H groups in total. The Morgan fingerprint density at radius 1 is 1.17 bits per heavy atom. The molecular weight excluding hydrogens is 494 g/mol. The minimum absolute atomic E-state index is 0.109. The number of rotatable bonds is 5. The molecule has 0 spiro atoms. The van der Waals surface area contributed by atoms with Gasteiger partial charge in [-0.25, -0.2) is 4.90 Å². The number of fused-ring (bicyclic) bond motifs is 1. The summed E-state index contributed by atoms with van der Waals surface area (Å²) in [5, 5.41) is 1.06. The number of benzene rings is 2. The maximum absolute atomic E-state index is 13.3. The van der Waals surface area contributed by atoms with E-state index in [-0.39, 0.29) is 29.6 Å². The van der Waals surface area contributed by atoms with Crippen LogP contribution >= 0.6 is 23.4 Å². The lowest BCUT2D eigenvalue weighted by atomic mass is 10.0. The van der Waals surface area contributed by atoms with Gasteiger partial charge in [0, 0.05) is 34.8 Å². The van der Waals surface area contributed by atoms with E-state index in [0.29, 0.717) is 15.6 Å². The minimum atomic E-state index is -0.377. The van der Waals surface area contributed by atoms with Crippen LogP contribution in [0.4, 0.5) is 10.5 Å². The molecule has 6 nitrogen and oxygen atoms in total. The first kappa shape index (κ1) is 24.7. The maximum Gasteiger partial charge on any atom is 0.298 e. The normalized spacial score (nSPS) is 19.6. The molecule has 186 valence electrons. The minimum Gasteiger partial charge on any atom is -0.338 e. The first-order valence-electron chi connectivity index (χ1n) is 12.3. The summed E-state index contributed by atoms with van der Waals surface area (Å²) >= 11 is 7.00. The van der Waals surface area contributed by atoms with Crippen LogP contribution in [0.25, 0.3) is 17.0 Å². The molecule has 3 heterocycles. The highest BCUT2D eigenvalue weighted by molar-refractivity contribution is 8.19. The summed E-state index contributed by atoms with van der Waals surface area (Å²) in [6, 6.07) is 13.0. The molecule has 0 aliphatic carbocycles. The number of likely N-dealkylation sites (tertiary alicyclic amines) is 1. The molecule has 1 atom stereocenters. The number of anilines is 1. The number of hydrogen-bond acceptors (Lipinski definition) is 4. The number of imide groups is 1. The third kappa shape index (κ3) is 4.58. The van der Waals surface area contributed by atoms with Crippen molar-refractivity contribution in [2.45, 2.75) is 52.1 Å². The largest absolute Gasteiger partial charge is 0.338 e. The van der Waals surface area contributed by atoms with Crippen LogP contribution in [0.2, 0.25) is 5.02 Å². The van der Waals surface area contributed by atoms with E-state index in [1.165, 1.54) is 0 Å². The number of para-hydroxylation sites is 1. The highest BCUT2D eigenvalue weighted by atomic mass is 35.5. The molecule has 2 aliphatic heterocycles. The van der Waals surface area contributed by atoms with E-state index >= 15 is 0 Å². The molecule has 2 aromatic carbocycles. The summed E-state index contributed by atoms with van der Waals surface area (Å²) in [7, 11) is 0. The van der Waals surface area contributed by atoms with Crippen molar-refractivity contribution >= 4 is 63.1 Å². The number of carbonyl (C=O) groups excluding carboxylic acids is 3. The zero-order chi connectivity index (χ0) is 25.4. The predicted molar refractivity (Wildman–Crippen MR) is 146 cm³/mol. The van der Waals surface area contributed by atoms with E-state index in [2.05, 4.69) is 19.9 Å². The second-order valence-electron chi connectivity index (χ2n) is 9.31. The number of piperidine rings is 1. The summed E-state index contributed by atoms with van der Waals surface area (Å²) in [6.45, 7) is 5.25. The van der Waals surface area contributed by atoms with Gasteiger partial charge in [-0.3, -0.25) is 14.4 Å². The van der Waals surface area contributed by atoms with Gasteiger partial charge in [0.25, 0.3) is 11.1 Å². The zero-order valence-corrected chi connectivity index (χ0v) is 21.9. The lowest BCUT2D eigenvalue weighted by Crippen LogP contribution is -2.43. The summed E-state index contributed by atoms with van der Waals surface area (Å²) < 4.78 is 2.00. The highest BCUT2D eigenvalue weighted by Gasteiger charge is 2.36. The van der Waals surface area contributed by atoms with Gasteiger partial charge < -0.3 is 9.47 Å². The fraction of sp³-hybridized carbons (Fsp3) is 0.321. The number of aromatic nitrogens is 1. The standard InChI is InChI=1S/C28H28ClN3O3S/c1-3-19-9-6-12-23-20(16-30(26(19)23)17-25(33)31-13-5-4-8-18(31)2)14-24-27(34)32(28(35)36-24)22-11-7-10-21(29)15-22/h6-7,9-12,14-16,18H,3-5,8,13,17H2,1-2H3/b24-14-/t18-/m0/s1. The predicted octanol–water partition coefficient (Wildman–Crippen LogP) is 6.50. The maximum atomic E-state index is 13.3. The zero-order valence-electron chi connectivity index (χ0n) is 20.4. The first-order chi connectivity index (χ1) is 17.4. The molecule has 3 aromatic rings. The Morgan fingerprint density at radius 2 is 1.97 bits per heavy atom. The number of nitrogens with zero attached hydrogens (tertiary/aromatic N) is 3. The van der Waals surface area contributed by atoms with Crippen molar-refractivity contribution < 1.29 is 14.4 Å². The third-order valence-electron chi connectivity index (χ3n) is 6.97. The molecular formula is C28H28ClN3O3S. The van der Waals surface area contributed by atoms with Gasteiger partial charge >= 0.3 is 0 Å². The van der Waals surface area contributed by atoms with E-state index in [0.717, 1.165) is 70.9 Å². The summed E-state index contributed by atoms with van der Waals surface area (Å²) in [4.78, 5) is 42.7.